The van der Waals surface area contributed by atoms with E-state index in [1.165, 1.54) is 20.6 Å². The zero-order chi connectivity index (χ0) is 23.3. The SMILES string of the molecule is C=CC(=O)NNC(=O)CN(C1CCN(C(C)c2cccc3ccccc23)CC1)S(C)(=O)=O. The van der Waals surface area contributed by atoms with Gasteiger partial charge in [-0.3, -0.25) is 25.3 Å². The topological polar surface area (TPSA) is 98.8 Å². The first-order valence-corrected chi connectivity index (χ1v) is 12.5. The lowest BCUT2D eigenvalue weighted by Crippen LogP contribution is -2.52. The predicted molar refractivity (Wildman–Crippen MR) is 125 cm³/mol. The van der Waals surface area contributed by atoms with Crippen molar-refractivity contribution in [2.24, 2.45) is 0 Å². The first-order chi connectivity index (χ1) is 15.2. The summed E-state index contributed by atoms with van der Waals surface area (Å²) in [6.07, 6.45) is 3.36. The highest BCUT2D eigenvalue weighted by Crippen LogP contribution is 2.31. The van der Waals surface area contributed by atoms with Crippen molar-refractivity contribution in [3.63, 3.8) is 0 Å². The molecule has 9 heteroatoms. The van der Waals surface area contributed by atoms with Crippen LogP contribution in [0.5, 0.6) is 0 Å². The number of carbonyl (C=O) groups excluding carboxylic acids is 2. The summed E-state index contributed by atoms with van der Waals surface area (Å²) in [5.74, 6) is -1.17. The molecule has 2 N–H and O–H groups in total. The average Bonchev–Trinajstić information content (AvgIpc) is 2.79. The highest BCUT2D eigenvalue weighted by molar-refractivity contribution is 7.88. The van der Waals surface area contributed by atoms with Gasteiger partial charge in [0, 0.05) is 25.2 Å². The Labute approximate surface area is 189 Å². The van der Waals surface area contributed by atoms with Gasteiger partial charge in [0.05, 0.1) is 12.8 Å². The first kappa shape index (κ1) is 23.9. The van der Waals surface area contributed by atoms with E-state index in [1.807, 2.05) is 12.1 Å². The minimum Gasteiger partial charge on any atom is -0.296 e. The number of nitrogens with zero attached hydrogens (tertiary/aromatic N) is 2. The van der Waals surface area contributed by atoms with Crippen LogP contribution in [0.1, 0.15) is 31.4 Å². The van der Waals surface area contributed by atoms with Crippen LogP contribution >= 0.6 is 0 Å². The number of nitrogens with one attached hydrogen (secondary N) is 2. The lowest BCUT2D eigenvalue weighted by atomic mass is 9.96. The Balaban J connectivity index is 1.66. The molecule has 0 bridgehead atoms. The Morgan fingerprint density at radius 2 is 1.81 bits per heavy atom. The molecule has 3 rings (SSSR count). The quantitative estimate of drug-likeness (QED) is 0.488. The molecule has 1 heterocycles. The van der Waals surface area contributed by atoms with Gasteiger partial charge in [-0.1, -0.05) is 49.0 Å². The molecule has 32 heavy (non-hydrogen) atoms. The molecule has 0 radical (unpaired) electrons. The van der Waals surface area contributed by atoms with Gasteiger partial charge in [0.15, 0.2) is 0 Å². The highest BCUT2D eigenvalue weighted by atomic mass is 32.2. The maximum atomic E-state index is 12.4. The Morgan fingerprint density at radius 3 is 2.47 bits per heavy atom. The smallest absolute Gasteiger partial charge is 0.261 e. The lowest BCUT2D eigenvalue weighted by molar-refractivity contribution is -0.127. The van der Waals surface area contributed by atoms with Crippen molar-refractivity contribution in [3.8, 4) is 0 Å². The summed E-state index contributed by atoms with van der Waals surface area (Å²) in [6.45, 7) is 6.56. The third-order valence-corrected chi connectivity index (χ3v) is 7.24. The van der Waals surface area contributed by atoms with Crippen LogP contribution in [-0.4, -0.2) is 61.4 Å². The van der Waals surface area contributed by atoms with Crippen molar-refractivity contribution >= 4 is 32.6 Å². The fourth-order valence-corrected chi connectivity index (χ4v) is 5.36. The number of rotatable bonds is 7. The van der Waals surface area contributed by atoms with E-state index in [0.29, 0.717) is 12.8 Å². The van der Waals surface area contributed by atoms with E-state index >= 15 is 0 Å². The molecule has 2 aromatic carbocycles. The van der Waals surface area contributed by atoms with Crippen LogP contribution in [0.4, 0.5) is 0 Å². The molecule has 1 saturated heterocycles. The number of carbonyl (C=O) groups is 2. The molecular formula is C23H30N4O4S. The number of sulfonamides is 1. The van der Waals surface area contributed by atoms with Crippen LogP contribution in [-0.2, 0) is 19.6 Å². The van der Waals surface area contributed by atoms with Crippen molar-refractivity contribution in [2.75, 3.05) is 25.9 Å². The average molecular weight is 459 g/mol. The number of piperidine rings is 1. The molecule has 0 aromatic heterocycles. The molecule has 1 aliphatic heterocycles. The molecule has 0 aliphatic carbocycles. The van der Waals surface area contributed by atoms with Gasteiger partial charge in [-0.05, 0) is 42.2 Å². The van der Waals surface area contributed by atoms with Gasteiger partial charge in [-0.15, -0.1) is 0 Å². The van der Waals surface area contributed by atoms with E-state index < -0.39 is 21.8 Å². The molecule has 1 unspecified atom stereocenters. The van der Waals surface area contributed by atoms with E-state index in [0.717, 1.165) is 25.4 Å². The predicted octanol–water partition coefficient (Wildman–Crippen LogP) is 1.96. The molecule has 0 spiro atoms. The largest absolute Gasteiger partial charge is 0.296 e. The monoisotopic (exact) mass is 458 g/mol. The van der Waals surface area contributed by atoms with Crippen LogP contribution in [0.15, 0.2) is 55.1 Å². The second-order valence-corrected chi connectivity index (χ2v) is 10.00. The van der Waals surface area contributed by atoms with Crippen LogP contribution < -0.4 is 10.9 Å². The Hall–Kier alpha value is -2.75. The van der Waals surface area contributed by atoms with E-state index in [1.54, 1.807) is 0 Å². The number of hydrogen-bond acceptors (Lipinski definition) is 5. The molecule has 2 amide bonds. The fourth-order valence-electron chi connectivity index (χ4n) is 4.25. The van der Waals surface area contributed by atoms with Crippen LogP contribution in [0.2, 0.25) is 0 Å². The van der Waals surface area contributed by atoms with Gasteiger partial charge in [0.25, 0.3) is 11.8 Å². The first-order valence-electron chi connectivity index (χ1n) is 10.6. The third kappa shape index (κ3) is 5.73. The Morgan fingerprint density at radius 1 is 1.16 bits per heavy atom. The summed E-state index contributed by atoms with van der Waals surface area (Å²) >= 11 is 0. The summed E-state index contributed by atoms with van der Waals surface area (Å²) in [6, 6.07) is 14.5. The normalized spacial score (nSPS) is 16.6. The zero-order valence-corrected chi connectivity index (χ0v) is 19.3. The number of hydrogen-bond donors (Lipinski definition) is 2. The van der Waals surface area contributed by atoms with Crippen molar-refractivity contribution < 1.29 is 18.0 Å². The number of benzene rings is 2. The number of fused-ring (bicyclic) bond motifs is 1. The minimum atomic E-state index is -3.60. The van der Waals surface area contributed by atoms with E-state index in [4.69, 9.17) is 0 Å². The van der Waals surface area contributed by atoms with Gasteiger partial charge in [-0.2, -0.15) is 4.31 Å². The van der Waals surface area contributed by atoms with Gasteiger partial charge in [0.2, 0.25) is 10.0 Å². The number of likely N-dealkylation sites (tertiary alicyclic amines) is 1. The molecule has 1 fully saturated rings. The molecule has 172 valence electrons. The van der Waals surface area contributed by atoms with Gasteiger partial charge < -0.3 is 0 Å². The highest BCUT2D eigenvalue weighted by Gasteiger charge is 2.33. The molecule has 8 nitrogen and oxygen atoms in total. The van der Waals surface area contributed by atoms with Gasteiger partial charge in [0.1, 0.15) is 0 Å². The molecule has 0 saturated carbocycles. The van der Waals surface area contributed by atoms with Crippen LogP contribution in [0, 0.1) is 0 Å². The standard InChI is InChI=1S/C23H30N4O4S/c1-4-22(28)24-25-23(29)16-27(32(3,30)31)19-12-14-26(15-13-19)17(2)20-11-7-9-18-8-5-6-10-21(18)20/h4-11,17,19H,1,12-16H2,2-3H3,(H,24,28)(H,25,29). The minimum absolute atomic E-state index is 0.186. The van der Waals surface area contributed by atoms with E-state index in [9.17, 15) is 18.0 Å². The number of amides is 2. The molecular weight excluding hydrogens is 428 g/mol. The second-order valence-electron chi connectivity index (χ2n) is 8.06. The summed E-state index contributed by atoms with van der Waals surface area (Å²) in [5.41, 5.74) is 5.62. The summed E-state index contributed by atoms with van der Waals surface area (Å²) in [7, 11) is -3.60. The van der Waals surface area contributed by atoms with Gasteiger partial charge >= 0.3 is 0 Å². The van der Waals surface area contributed by atoms with Crippen molar-refractivity contribution in [2.45, 2.75) is 31.8 Å². The van der Waals surface area contributed by atoms with E-state index in [-0.39, 0.29) is 18.6 Å². The fraction of sp³-hybridized carbons (Fsp3) is 0.391. The second kappa shape index (κ2) is 10.2. The molecule has 2 aromatic rings. The lowest BCUT2D eigenvalue weighted by Gasteiger charge is -2.39. The van der Waals surface area contributed by atoms with Crippen LogP contribution in [0.3, 0.4) is 0 Å². The summed E-state index contributed by atoms with van der Waals surface area (Å²) in [5, 5.41) is 2.42. The van der Waals surface area contributed by atoms with Crippen molar-refractivity contribution in [1.29, 1.82) is 0 Å². The van der Waals surface area contributed by atoms with Crippen molar-refractivity contribution in [1.82, 2.24) is 20.1 Å². The van der Waals surface area contributed by atoms with Crippen molar-refractivity contribution in [3.05, 3.63) is 60.7 Å². The summed E-state index contributed by atoms with van der Waals surface area (Å²) < 4.78 is 26.0. The Bertz CT molecular complexity index is 1090. The van der Waals surface area contributed by atoms with E-state index in [2.05, 4.69) is 59.6 Å². The molecule has 1 aliphatic rings. The zero-order valence-electron chi connectivity index (χ0n) is 18.5. The van der Waals surface area contributed by atoms with Gasteiger partial charge in [-0.25, -0.2) is 8.42 Å². The third-order valence-electron chi connectivity index (χ3n) is 5.96. The number of hydrazine groups is 1. The summed E-state index contributed by atoms with van der Waals surface area (Å²) in [4.78, 5) is 25.7. The molecule has 1 atom stereocenters. The van der Waals surface area contributed by atoms with Crippen LogP contribution in [0.25, 0.3) is 10.8 Å². The maximum absolute atomic E-state index is 12.4. The Kier molecular flexibility index (Phi) is 7.65. The maximum Gasteiger partial charge on any atom is 0.261 e.